The Kier molecular flexibility index (Phi) is 5.20. The Labute approximate surface area is 109 Å². The van der Waals surface area contributed by atoms with Gasteiger partial charge in [-0.15, -0.1) is 0 Å². The Morgan fingerprint density at radius 2 is 1.78 bits per heavy atom. The fraction of sp³-hybridized carbons (Fsp3) is 0.533. The first-order chi connectivity index (χ1) is 8.40. The van der Waals surface area contributed by atoms with Crippen LogP contribution in [0.25, 0.3) is 0 Å². The van der Waals surface area contributed by atoms with E-state index >= 15 is 0 Å². The van der Waals surface area contributed by atoms with Crippen LogP contribution in [0.1, 0.15) is 38.8 Å². The lowest BCUT2D eigenvalue weighted by Crippen LogP contribution is -2.09. The molecule has 1 aromatic rings. The molecule has 0 unspecified atom stereocenters. The van der Waals surface area contributed by atoms with Crippen molar-refractivity contribution < 1.29 is 14.6 Å². The molecule has 100 valence electrons. The average molecular weight is 250 g/mol. The van der Waals surface area contributed by atoms with Gasteiger partial charge in [0.2, 0.25) is 0 Å². The minimum atomic E-state index is -1.25. The van der Waals surface area contributed by atoms with Crippen LogP contribution in [0.3, 0.4) is 0 Å². The second kappa shape index (κ2) is 6.43. The molecule has 0 bridgehead atoms. The molecule has 0 amide bonds. The first kappa shape index (κ1) is 14.6. The van der Waals surface area contributed by atoms with Gasteiger partial charge < -0.3 is 9.84 Å². The maximum Gasteiger partial charge on any atom is 0.511 e. The highest BCUT2D eigenvalue weighted by atomic mass is 16.7. The van der Waals surface area contributed by atoms with Crippen LogP contribution >= 0.6 is 0 Å². The van der Waals surface area contributed by atoms with Crippen molar-refractivity contribution in [3.05, 3.63) is 29.3 Å². The second-order valence-corrected chi connectivity index (χ2v) is 5.46. The zero-order valence-corrected chi connectivity index (χ0v) is 11.6. The maximum absolute atomic E-state index is 10.7. The highest BCUT2D eigenvalue weighted by Gasteiger charge is 2.14. The molecule has 3 heteroatoms. The fourth-order valence-electron chi connectivity index (χ4n) is 2.07. The summed E-state index contributed by atoms with van der Waals surface area (Å²) in [5, 5.41) is 8.78. The molecule has 0 saturated heterocycles. The van der Waals surface area contributed by atoms with Crippen LogP contribution in [0.15, 0.2) is 18.2 Å². The number of hydrogen-bond donors (Lipinski definition) is 1. The third-order valence-electron chi connectivity index (χ3n) is 2.67. The second-order valence-electron chi connectivity index (χ2n) is 5.46. The number of carboxylic acid groups (broad SMARTS) is 1. The minimum absolute atomic E-state index is 0.467. The highest BCUT2D eigenvalue weighted by Crippen LogP contribution is 2.27. The van der Waals surface area contributed by atoms with Gasteiger partial charge in [0.1, 0.15) is 5.75 Å². The van der Waals surface area contributed by atoms with Gasteiger partial charge in [0.05, 0.1) is 0 Å². The molecule has 0 aliphatic rings. The molecule has 1 rings (SSSR count). The van der Waals surface area contributed by atoms with Crippen molar-refractivity contribution in [1.82, 2.24) is 0 Å². The third kappa shape index (κ3) is 4.40. The van der Waals surface area contributed by atoms with Gasteiger partial charge in [-0.2, -0.15) is 0 Å². The first-order valence-electron chi connectivity index (χ1n) is 6.41. The number of rotatable bonds is 5. The average Bonchev–Trinajstić information content (AvgIpc) is 2.20. The van der Waals surface area contributed by atoms with E-state index in [4.69, 9.17) is 9.84 Å². The largest absolute Gasteiger partial charge is 0.511 e. The molecule has 3 nitrogen and oxygen atoms in total. The van der Waals surface area contributed by atoms with Crippen molar-refractivity contribution in [3.63, 3.8) is 0 Å². The summed E-state index contributed by atoms with van der Waals surface area (Å²) >= 11 is 0. The number of carbonyl (C=O) groups is 1. The molecule has 1 N–H and O–H groups in total. The summed E-state index contributed by atoms with van der Waals surface area (Å²) in [6, 6.07) is 5.65. The van der Waals surface area contributed by atoms with Crippen LogP contribution in [0, 0.1) is 11.8 Å². The molecule has 0 aliphatic heterocycles. The van der Waals surface area contributed by atoms with Crippen molar-refractivity contribution in [2.45, 2.75) is 40.5 Å². The van der Waals surface area contributed by atoms with Gasteiger partial charge in [0.25, 0.3) is 0 Å². The van der Waals surface area contributed by atoms with Crippen LogP contribution in [0.2, 0.25) is 0 Å². The topological polar surface area (TPSA) is 46.5 Å². The van der Waals surface area contributed by atoms with Gasteiger partial charge in [-0.25, -0.2) is 4.79 Å². The molecule has 1 aromatic carbocycles. The standard InChI is InChI=1S/C15H22O3/c1-10(2)8-12-6-5-7-14(18-15(16)17)13(12)9-11(3)4/h5-7,10-11H,8-9H2,1-4H3,(H,16,17). The Bertz CT molecular complexity index is 408. The maximum atomic E-state index is 10.7. The van der Waals surface area contributed by atoms with Gasteiger partial charge in [0.15, 0.2) is 0 Å². The first-order valence-corrected chi connectivity index (χ1v) is 6.41. The smallest absolute Gasteiger partial charge is 0.449 e. The molecule has 0 spiro atoms. The summed E-state index contributed by atoms with van der Waals surface area (Å²) in [6.45, 7) is 8.56. The van der Waals surface area contributed by atoms with Gasteiger partial charge in [-0.3, -0.25) is 0 Å². The molecular weight excluding hydrogens is 228 g/mol. The molecule has 0 radical (unpaired) electrons. The van der Waals surface area contributed by atoms with Crippen LogP contribution < -0.4 is 4.74 Å². The summed E-state index contributed by atoms with van der Waals surface area (Å²) in [6.07, 6.45) is 0.534. The summed E-state index contributed by atoms with van der Waals surface area (Å²) in [4.78, 5) is 10.7. The monoisotopic (exact) mass is 250 g/mol. The Balaban J connectivity index is 3.11. The van der Waals surface area contributed by atoms with Crippen LogP contribution in [-0.4, -0.2) is 11.3 Å². The zero-order chi connectivity index (χ0) is 13.7. The van der Waals surface area contributed by atoms with Crippen LogP contribution in [-0.2, 0) is 12.8 Å². The van der Waals surface area contributed by atoms with E-state index in [9.17, 15) is 4.79 Å². The lowest BCUT2D eigenvalue weighted by atomic mass is 9.92. The normalized spacial score (nSPS) is 11.0. The van der Waals surface area contributed by atoms with E-state index in [1.807, 2.05) is 6.07 Å². The Morgan fingerprint density at radius 3 is 2.28 bits per heavy atom. The van der Waals surface area contributed by atoms with E-state index in [2.05, 4.69) is 33.8 Å². The van der Waals surface area contributed by atoms with Crippen LogP contribution in [0.5, 0.6) is 5.75 Å². The molecule has 0 aromatic heterocycles. The lowest BCUT2D eigenvalue weighted by Gasteiger charge is -2.16. The van der Waals surface area contributed by atoms with E-state index in [1.165, 1.54) is 5.56 Å². The summed E-state index contributed by atoms with van der Waals surface area (Å²) in [7, 11) is 0. The van der Waals surface area contributed by atoms with Crippen molar-refractivity contribution in [3.8, 4) is 5.75 Å². The summed E-state index contributed by atoms with van der Waals surface area (Å²) < 4.78 is 4.89. The summed E-state index contributed by atoms with van der Waals surface area (Å²) in [5.74, 6) is 1.49. The molecule has 0 fully saturated rings. The van der Waals surface area contributed by atoms with E-state index < -0.39 is 6.16 Å². The number of hydrogen-bond acceptors (Lipinski definition) is 2. The Hall–Kier alpha value is -1.51. The Morgan fingerprint density at radius 1 is 1.17 bits per heavy atom. The third-order valence-corrected chi connectivity index (χ3v) is 2.67. The van der Waals surface area contributed by atoms with Crippen molar-refractivity contribution in [2.24, 2.45) is 11.8 Å². The van der Waals surface area contributed by atoms with E-state index in [0.29, 0.717) is 17.6 Å². The predicted molar refractivity (Wildman–Crippen MR) is 72.2 cm³/mol. The molecule has 0 atom stereocenters. The molecule has 0 aliphatic carbocycles. The van der Waals surface area contributed by atoms with Gasteiger partial charge in [-0.05, 0) is 41.9 Å². The van der Waals surface area contributed by atoms with E-state index in [1.54, 1.807) is 6.07 Å². The predicted octanol–water partition coefficient (Wildman–Crippen LogP) is 4.14. The van der Waals surface area contributed by atoms with Gasteiger partial charge in [0, 0.05) is 0 Å². The van der Waals surface area contributed by atoms with E-state index in [0.717, 1.165) is 18.4 Å². The molecule has 18 heavy (non-hydrogen) atoms. The fourth-order valence-corrected chi connectivity index (χ4v) is 2.07. The van der Waals surface area contributed by atoms with Crippen molar-refractivity contribution in [2.75, 3.05) is 0 Å². The van der Waals surface area contributed by atoms with Gasteiger partial charge >= 0.3 is 6.16 Å². The molecule has 0 heterocycles. The number of benzene rings is 1. The van der Waals surface area contributed by atoms with Crippen molar-refractivity contribution in [1.29, 1.82) is 0 Å². The lowest BCUT2D eigenvalue weighted by molar-refractivity contribution is 0.144. The molecule has 0 saturated carbocycles. The SMILES string of the molecule is CC(C)Cc1cccc(OC(=O)O)c1CC(C)C. The van der Waals surface area contributed by atoms with Crippen molar-refractivity contribution >= 4 is 6.16 Å². The van der Waals surface area contributed by atoms with Crippen LogP contribution in [0.4, 0.5) is 4.79 Å². The molecular formula is C15H22O3. The summed E-state index contributed by atoms with van der Waals surface area (Å²) in [5.41, 5.74) is 2.22. The van der Waals surface area contributed by atoms with Gasteiger partial charge in [-0.1, -0.05) is 39.8 Å². The highest BCUT2D eigenvalue weighted by molar-refractivity contribution is 5.62. The minimum Gasteiger partial charge on any atom is -0.449 e. The quantitative estimate of drug-likeness (QED) is 0.631. The zero-order valence-electron chi connectivity index (χ0n) is 11.6. The number of ether oxygens (including phenoxy) is 1. The van der Waals surface area contributed by atoms with E-state index in [-0.39, 0.29) is 0 Å².